The van der Waals surface area contributed by atoms with E-state index in [4.69, 9.17) is 0 Å². The Bertz CT molecular complexity index is 491. The van der Waals surface area contributed by atoms with Gasteiger partial charge in [-0.1, -0.05) is 0 Å². The van der Waals surface area contributed by atoms with Crippen molar-refractivity contribution < 1.29 is 13.2 Å². The van der Waals surface area contributed by atoms with Gasteiger partial charge >= 0.3 is 6.18 Å². The molecule has 0 aliphatic heterocycles. The molecule has 0 aliphatic carbocycles. The zero-order chi connectivity index (χ0) is 11.8. The first-order chi connectivity index (χ1) is 7.48. The summed E-state index contributed by atoms with van der Waals surface area (Å²) in [5.41, 5.74) is -0.117. The highest BCUT2D eigenvalue weighted by Crippen LogP contribution is 2.32. The summed E-state index contributed by atoms with van der Waals surface area (Å²) < 4.78 is 37.3. The van der Waals surface area contributed by atoms with Gasteiger partial charge in [-0.15, -0.1) is 11.3 Å². The van der Waals surface area contributed by atoms with Crippen LogP contribution in [0.15, 0.2) is 23.8 Å². The normalized spacial score (nSPS) is 11.8. The van der Waals surface area contributed by atoms with E-state index in [1.54, 1.807) is 11.6 Å². The van der Waals surface area contributed by atoms with Gasteiger partial charge in [-0.3, -0.25) is 4.98 Å². The van der Waals surface area contributed by atoms with E-state index in [1.165, 1.54) is 30.5 Å². The largest absolute Gasteiger partial charge is 0.433 e. The molecule has 0 atom stereocenters. The minimum Gasteiger partial charge on any atom is -0.251 e. The highest BCUT2D eigenvalue weighted by molar-refractivity contribution is 7.13. The van der Waals surface area contributed by atoms with Crippen molar-refractivity contribution in [3.63, 3.8) is 0 Å². The minimum atomic E-state index is -4.40. The molecule has 0 bridgehead atoms. The fraction of sp³-hybridized carbons (Fsp3) is 0.200. The van der Waals surface area contributed by atoms with Gasteiger partial charge in [0, 0.05) is 23.3 Å². The molecule has 0 aromatic carbocycles. The fourth-order valence-corrected chi connectivity index (χ4v) is 1.97. The van der Waals surface area contributed by atoms with Gasteiger partial charge in [-0.05, 0) is 18.6 Å². The number of hydrogen-bond acceptors (Lipinski definition) is 3. The van der Waals surface area contributed by atoms with Crippen molar-refractivity contribution in [2.75, 3.05) is 0 Å². The molecule has 84 valence electrons. The number of hydrogen-bond donors (Lipinski definition) is 0. The van der Waals surface area contributed by atoms with Gasteiger partial charge in [0.25, 0.3) is 0 Å². The smallest absolute Gasteiger partial charge is 0.251 e. The molecule has 0 N–H and O–H groups in total. The molecule has 2 rings (SSSR count). The number of thiazole rings is 1. The molecule has 0 radical (unpaired) electrons. The number of nitrogens with zero attached hydrogens (tertiary/aromatic N) is 2. The fourth-order valence-electron chi connectivity index (χ4n) is 1.35. The molecule has 16 heavy (non-hydrogen) atoms. The maximum absolute atomic E-state index is 12.4. The summed E-state index contributed by atoms with van der Waals surface area (Å²) in [4.78, 5) is 7.46. The summed E-state index contributed by atoms with van der Waals surface area (Å²) in [7, 11) is 0. The third-order valence-electron chi connectivity index (χ3n) is 2.03. The number of rotatable bonds is 1. The van der Waals surface area contributed by atoms with Crippen LogP contribution < -0.4 is 0 Å². The Labute approximate surface area is 93.8 Å². The minimum absolute atomic E-state index is 0.111. The molecular weight excluding hydrogens is 237 g/mol. The molecule has 2 heterocycles. The van der Waals surface area contributed by atoms with E-state index in [2.05, 4.69) is 9.97 Å². The van der Waals surface area contributed by atoms with E-state index in [9.17, 15) is 13.2 Å². The summed E-state index contributed by atoms with van der Waals surface area (Å²) in [5.74, 6) is 0. The van der Waals surface area contributed by atoms with Gasteiger partial charge in [-0.2, -0.15) is 13.2 Å². The van der Waals surface area contributed by atoms with Crippen molar-refractivity contribution >= 4 is 11.3 Å². The maximum Gasteiger partial charge on any atom is 0.433 e. The van der Waals surface area contributed by atoms with E-state index < -0.39 is 11.9 Å². The Hall–Kier alpha value is -1.43. The topological polar surface area (TPSA) is 25.8 Å². The van der Waals surface area contributed by atoms with Crippen LogP contribution in [-0.2, 0) is 6.18 Å². The zero-order valence-corrected chi connectivity index (χ0v) is 9.06. The molecule has 0 saturated heterocycles. The van der Waals surface area contributed by atoms with Gasteiger partial charge in [0.15, 0.2) is 0 Å². The second-order valence-electron chi connectivity index (χ2n) is 3.22. The average molecular weight is 244 g/mol. The van der Waals surface area contributed by atoms with Crippen LogP contribution >= 0.6 is 11.3 Å². The molecule has 2 aromatic heterocycles. The van der Waals surface area contributed by atoms with E-state index in [0.717, 1.165) is 0 Å². The first-order valence-corrected chi connectivity index (χ1v) is 5.30. The second-order valence-corrected chi connectivity index (χ2v) is 4.12. The molecule has 6 heteroatoms. The lowest BCUT2D eigenvalue weighted by Crippen LogP contribution is -2.10. The van der Waals surface area contributed by atoms with Crippen LogP contribution in [0.4, 0.5) is 13.2 Å². The molecule has 2 nitrogen and oxygen atoms in total. The standard InChI is InChI=1S/C10H7F3N2S/c1-6-4-7(9-14-2-3-16-9)5-15-8(6)10(11,12)13/h2-5H,1H3. The Kier molecular flexibility index (Phi) is 2.67. The van der Waals surface area contributed by atoms with Crippen LogP contribution in [0.25, 0.3) is 10.6 Å². The van der Waals surface area contributed by atoms with Crippen LogP contribution in [0.1, 0.15) is 11.3 Å². The Morgan fingerprint density at radius 3 is 2.50 bits per heavy atom. The number of halogens is 3. The van der Waals surface area contributed by atoms with Gasteiger partial charge in [0.1, 0.15) is 10.7 Å². The molecule has 0 saturated carbocycles. The van der Waals surface area contributed by atoms with Crippen LogP contribution in [0.5, 0.6) is 0 Å². The van der Waals surface area contributed by atoms with Crippen molar-refractivity contribution in [1.29, 1.82) is 0 Å². The van der Waals surface area contributed by atoms with E-state index in [-0.39, 0.29) is 5.56 Å². The maximum atomic E-state index is 12.4. The number of pyridine rings is 1. The van der Waals surface area contributed by atoms with Gasteiger partial charge in [-0.25, -0.2) is 4.98 Å². The summed E-state index contributed by atoms with van der Waals surface area (Å²) in [6.07, 6.45) is -1.59. The van der Waals surface area contributed by atoms with Gasteiger partial charge < -0.3 is 0 Å². The highest BCUT2D eigenvalue weighted by Gasteiger charge is 2.34. The van der Waals surface area contributed by atoms with Crippen LogP contribution in [0, 0.1) is 6.92 Å². The number of aromatic nitrogens is 2. The first kappa shape index (κ1) is 11.1. The molecule has 0 aliphatic rings. The van der Waals surface area contributed by atoms with Crippen molar-refractivity contribution in [1.82, 2.24) is 9.97 Å². The van der Waals surface area contributed by atoms with E-state index in [0.29, 0.717) is 10.6 Å². The zero-order valence-electron chi connectivity index (χ0n) is 8.25. The summed E-state index contributed by atoms with van der Waals surface area (Å²) in [6.45, 7) is 1.40. The number of alkyl halides is 3. The predicted octanol–water partition coefficient (Wildman–Crippen LogP) is 3.53. The Balaban J connectivity index is 2.45. The van der Waals surface area contributed by atoms with Crippen LogP contribution in [0.2, 0.25) is 0 Å². The van der Waals surface area contributed by atoms with Gasteiger partial charge in [0.05, 0.1) is 0 Å². The van der Waals surface area contributed by atoms with Crippen molar-refractivity contribution in [2.45, 2.75) is 13.1 Å². The summed E-state index contributed by atoms with van der Waals surface area (Å²) in [6, 6.07) is 1.45. The molecule has 0 spiro atoms. The Morgan fingerprint density at radius 1 is 1.25 bits per heavy atom. The van der Waals surface area contributed by atoms with Crippen molar-refractivity contribution in [2.24, 2.45) is 0 Å². The summed E-state index contributed by atoms with van der Waals surface area (Å²) in [5, 5.41) is 2.44. The van der Waals surface area contributed by atoms with Crippen molar-refractivity contribution in [3.8, 4) is 10.6 Å². The van der Waals surface area contributed by atoms with Crippen molar-refractivity contribution in [3.05, 3.63) is 35.1 Å². The summed E-state index contributed by atoms with van der Waals surface area (Å²) >= 11 is 1.37. The second kappa shape index (κ2) is 3.86. The molecule has 0 unspecified atom stereocenters. The monoisotopic (exact) mass is 244 g/mol. The molecule has 0 fully saturated rings. The molecule has 0 amide bonds. The highest BCUT2D eigenvalue weighted by atomic mass is 32.1. The van der Waals surface area contributed by atoms with E-state index >= 15 is 0 Å². The molecular formula is C10H7F3N2S. The molecule has 2 aromatic rings. The third-order valence-corrected chi connectivity index (χ3v) is 2.85. The SMILES string of the molecule is Cc1cc(-c2nccs2)cnc1C(F)(F)F. The van der Waals surface area contributed by atoms with Crippen LogP contribution in [-0.4, -0.2) is 9.97 Å². The lowest BCUT2D eigenvalue weighted by Gasteiger charge is -2.09. The first-order valence-electron chi connectivity index (χ1n) is 4.42. The lowest BCUT2D eigenvalue weighted by atomic mass is 10.1. The quantitative estimate of drug-likeness (QED) is 0.766. The number of aryl methyl sites for hydroxylation is 1. The predicted molar refractivity (Wildman–Crippen MR) is 55.1 cm³/mol. The Morgan fingerprint density at radius 2 is 2.00 bits per heavy atom. The van der Waals surface area contributed by atoms with E-state index in [1.807, 2.05) is 0 Å². The van der Waals surface area contributed by atoms with Crippen LogP contribution in [0.3, 0.4) is 0 Å². The lowest BCUT2D eigenvalue weighted by molar-refractivity contribution is -0.141. The average Bonchev–Trinajstić information content (AvgIpc) is 2.68. The third kappa shape index (κ3) is 2.06. The van der Waals surface area contributed by atoms with Gasteiger partial charge in [0.2, 0.25) is 0 Å².